The van der Waals surface area contributed by atoms with Crippen LogP contribution in [-0.4, -0.2) is 29.0 Å². The van der Waals surface area contributed by atoms with E-state index in [1.165, 1.54) is 0 Å². The zero-order valence-corrected chi connectivity index (χ0v) is 17.7. The zero-order chi connectivity index (χ0) is 21.1. The van der Waals surface area contributed by atoms with E-state index in [0.29, 0.717) is 10.6 Å². The van der Waals surface area contributed by atoms with Crippen LogP contribution in [0, 0.1) is 0 Å². The number of hydrogen-bond acceptors (Lipinski definition) is 3. The largest absolute Gasteiger partial charge is 0.370 e. The van der Waals surface area contributed by atoms with Gasteiger partial charge in [0.15, 0.2) is 0 Å². The lowest BCUT2D eigenvalue weighted by Gasteiger charge is -2.24. The minimum Gasteiger partial charge on any atom is -0.370 e. The maximum absolute atomic E-state index is 12.8. The summed E-state index contributed by atoms with van der Waals surface area (Å²) >= 11 is 5.95. The summed E-state index contributed by atoms with van der Waals surface area (Å²) in [6.45, 7) is 5.83. The molecule has 0 atom stereocenters. The number of hydrogen-bond donors (Lipinski definition) is 2. The number of imidazole rings is 1. The third-order valence-electron chi connectivity index (χ3n) is 5.11. The second-order valence-electron chi connectivity index (χ2n) is 6.97. The first-order valence-electron chi connectivity index (χ1n) is 10.00. The second-order valence-corrected chi connectivity index (χ2v) is 7.41. The number of carbonyl (C=O) groups is 1. The Balaban J connectivity index is 1.76. The lowest BCUT2D eigenvalue weighted by atomic mass is 10.1. The van der Waals surface area contributed by atoms with Crippen LogP contribution >= 0.6 is 11.6 Å². The Morgan fingerprint density at radius 1 is 1.03 bits per heavy atom. The zero-order valence-electron chi connectivity index (χ0n) is 16.9. The molecule has 4 aromatic rings. The van der Waals surface area contributed by atoms with Crippen molar-refractivity contribution in [2.75, 3.05) is 23.3 Å². The van der Waals surface area contributed by atoms with Crippen LogP contribution in [0.3, 0.4) is 0 Å². The van der Waals surface area contributed by atoms with Crippen LogP contribution in [0.5, 0.6) is 0 Å². The molecule has 0 aliphatic carbocycles. The summed E-state index contributed by atoms with van der Waals surface area (Å²) < 4.78 is 0. The monoisotopic (exact) mass is 418 g/mol. The molecule has 0 fully saturated rings. The number of carbonyl (C=O) groups excluding carboxylic acids is 1. The molecule has 0 saturated carbocycles. The molecule has 0 spiro atoms. The van der Waals surface area contributed by atoms with E-state index in [0.717, 1.165) is 46.9 Å². The van der Waals surface area contributed by atoms with Crippen LogP contribution in [0.15, 0.2) is 66.7 Å². The van der Waals surface area contributed by atoms with Gasteiger partial charge in [-0.05, 0) is 50.2 Å². The van der Waals surface area contributed by atoms with Crippen LogP contribution in [-0.2, 0) is 0 Å². The summed E-state index contributed by atoms with van der Waals surface area (Å²) in [4.78, 5) is 23.2. The third kappa shape index (κ3) is 4.02. The molecule has 3 aromatic carbocycles. The first kappa shape index (κ1) is 20.0. The quantitative estimate of drug-likeness (QED) is 0.404. The number of aromatic nitrogens is 2. The lowest BCUT2D eigenvalue weighted by molar-refractivity contribution is 0.102. The van der Waals surface area contributed by atoms with Crippen LogP contribution in [0.25, 0.3) is 22.4 Å². The van der Waals surface area contributed by atoms with Gasteiger partial charge in [-0.1, -0.05) is 41.9 Å². The normalized spacial score (nSPS) is 10.9. The molecule has 1 aromatic heterocycles. The maximum atomic E-state index is 12.8. The number of anilines is 2. The summed E-state index contributed by atoms with van der Waals surface area (Å²) in [5.74, 6) is 0.625. The first-order chi connectivity index (χ1) is 14.6. The highest BCUT2D eigenvalue weighted by Gasteiger charge is 2.16. The van der Waals surface area contributed by atoms with Gasteiger partial charge >= 0.3 is 0 Å². The number of fused-ring (bicyclic) bond motifs is 1. The summed E-state index contributed by atoms with van der Waals surface area (Å²) in [6, 6.07) is 20.8. The van der Waals surface area contributed by atoms with Gasteiger partial charge in [-0.25, -0.2) is 4.98 Å². The van der Waals surface area contributed by atoms with E-state index in [1.54, 1.807) is 24.3 Å². The van der Waals surface area contributed by atoms with Crippen LogP contribution < -0.4 is 10.2 Å². The third-order valence-corrected chi connectivity index (χ3v) is 5.36. The summed E-state index contributed by atoms with van der Waals surface area (Å²) in [5, 5.41) is 3.66. The predicted molar refractivity (Wildman–Crippen MR) is 124 cm³/mol. The molecule has 0 saturated heterocycles. The molecular formula is C24H23ClN4O. The summed E-state index contributed by atoms with van der Waals surface area (Å²) in [7, 11) is 0. The minimum atomic E-state index is -0.178. The Morgan fingerprint density at radius 3 is 2.40 bits per heavy atom. The fourth-order valence-corrected chi connectivity index (χ4v) is 3.63. The standard InChI is InChI=1S/C24H23ClN4O/c1-3-29(4-2)22-15-20-19(26-23(27-20)16-8-6-5-7-9-16)14-21(22)28-24(30)17-10-12-18(25)13-11-17/h5-15H,3-4H2,1-2H3,(H,26,27)(H,28,30). The number of aromatic amines is 1. The van der Waals surface area contributed by atoms with E-state index in [-0.39, 0.29) is 5.91 Å². The highest BCUT2D eigenvalue weighted by Crippen LogP contribution is 2.32. The molecule has 0 bridgehead atoms. The summed E-state index contributed by atoms with van der Waals surface area (Å²) in [6.07, 6.45) is 0. The topological polar surface area (TPSA) is 61.0 Å². The number of rotatable bonds is 6. The van der Waals surface area contributed by atoms with Gasteiger partial charge in [0.05, 0.1) is 22.4 Å². The summed E-state index contributed by atoms with van der Waals surface area (Å²) in [5.41, 5.74) is 5.00. The van der Waals surface area contributed by atoms with Crippen molar-refractivity contribution in [3.05, 3.63) is 77.3 Å². The average Bonchev–Trinajstić information content (AvgIpc) is 3.19. The van der Waals surface area contributed by atoms with Gasteiger partial charge in [0.25, 0.3) is 5.91 Å². The average molecular weight is 419 g/mol. The smallest absolute Gasteiger partial charge is 0.255 e. The Labute approximate surface area is 180 Å². The van der Waals surface area contributed by atoms with Crippen molar-refractivity contribution in [1.29, 1.82) is 0 Å². The Kier molecular flexibility index (Phi) is 5.72. The molecular weight excluding hydrogens is 396 g/mol. The van der Waals surface area contributed by atoms with Crippen molar-refractivity contribution in [1.82, 2.24) is 9.97 Å². The van der Waals surface area contributed by atoms with Crippen molar-refractivity contribution < 1.29 is 4.79 Å². The highest BCUT2D eigenvalue weighted by molar-refractivity contribution is 6.30. The molecule has 152 valence electrons. The highest BCUT2D eigenvalue weighted by atomic mass is 35.5. The molecule has 0 radical (unpaired) electrons. The molecule has 30 heavy (non-hydrogen) atoms. The van der Waals surface area contributed by atoms with Crippen LogP contribution in [0.2, 0.25) is 5.02 Å². The van der Waals surface area contributed by atoms with Gasteiger partial charge in [0.1, 0.15) is 5.82 Å². The van der Waals surface area contributed by atoms with Crippen molar-refractivity contribution in [3.8, 4) is 11.4 Å². The van der Waals surface area contributed by atoms with Gasteiger partial charge in [-0.15, -0.1) is 0 Å². The van der Waals surface area contributed by atoms with E-state index in [2.05, 4.69) is 29.0 Å². The van der Waals surface area contributed by atoms with E-state index >= 15 is 0 Å². The first-order valence-corrected chi connectivity index (χ1v) is 10.4. The molecule has 6 heteroatoms. The molecule has 0 aliphatic rings. The number of H-pyrrole nitrogens is 1. The van der Waals surface area contributed by atoms with Crippen LogP contribution in [0.4, 0.5) is 11.4 Å². The van der Waals surface area contributed by atoms with Gasteiger partial charge in [-0.3, -0.25) is 4.79 Å². The van der Waals surface area contributed by atoms with Gasteiger partial charge in [-0.2, -0.15) is 0 Å². The van der Waals surface area contributed by atoms with E-state index < -0.39 is 0 Å². The number of amides is 1. The molecule has 1 heterocycles. The Morgan fingerprint density at radius 2 is 1.73 bits per heavy atom. The Bertz CT molecular complexity index is 1170. The molecule has 1 amide bonds. The van der Waals surface area contributed by atoms with Crippen molar-refractivity contribution >= 4 is 39.9 Å². The SMILES string of the molecule is CCN(CC)c1cc2nc(-c3ccccc3)[nH]c2cc1NC(=O)c1ccc(Cl)cc1. The molecule has 2 N–H and O–H groups in total. The van der Waals surface area contributed by atoms with Crippen LogP contribution in [0.1, 0.15) is 24.2 Å². The molecule has 5 nitrogen and oxygen atoms in total. The maximum Gasteiger partial charge on any atom is 0.255 e. The van der Waals surface area contributed by atoms with Gasteiger partial charge < -0.3 is 15.2 Å². The minimum absolute atomic E-state index is 0.178. The number of nitrogens with one attached hydrogen (secondary N) is 2. The van der Waals surface area contributed by atoms with E-state index in [9.17, 15) is 4.79 Å². The lowest BCUT2D eigenvalue weighted by Crippen LogP contribution is -2.24. The van der Waals surface area contributed by atoms with Crippen molar-refractivity contribution in [2.24, 2.45) is 0 Å². The number of benzene rings is 3. The van der Waals surface area contributed by atoms with Gasteiger partial charge in [0.2, 0.25) is 0 Å². The fraction of sp³-hybridized carbons (Fsp3) is 0.167. The molecule has 4 rings (SSSR count). The predicted octanol–water partition coefficient (Wildman–Crippen LogP) is 5.98. The Hall–Kier alpha value is -3.31. The second kappa shape index (κ2) is 8.59. The van der Waals surface area contributed by atoms with Gasteiger partial charge in [0, 0.05) is 29.2 Å². The number of halogens is 1. The van der Waals surface area contributed by atoms with E-state index in [1.807, 2.05) is 42.5 Å². The molecule has 0 unspecified atom stereocenters. The fourth-order valence-electron chi connectivity index (χ4n) is 3.50. The van der Waals surface area contributed by atoms with Crippen molar-refractivity contribution in [2.45, 2.75) is 13.8 Å². The molecule has 0 aliphatic heterocycles. The number of nitrogens with zero attached hydrogens (tertiary/aromatic N) is 2. The van der Waals surface area contributed by atoms with Crippen molar-refractivity contribution in [3.63, 3.8) is 0 Å². The van der Waals surface area contributed by atoms with E-state index in [4.69, 9.17) is 16.6 Å².